The Hall–Kier alpha value is -2.14. The zero-order chi connectivity index (χ0) is 16.8. The van der Waals surface area contributed by atoms with Gasteiger partial charge in [-0.3, -0.25) is 0 Å². The van der Waals surface area contributed by atoms with Crippen LogP contribution in [0, 0.1) is 0 Å². The molecule has 0 radical (unpaired) electrons. The van der Waals surface area contributed by atoms with Crippen molar-refractivity contribution in [3.63, 3.8) is 0 Å². The molecule has 1 aromatic heterocycles. The zero-order valence-electron chi connectivity index (χ0n) is 14.5. The fraction of sp³-hybridized carbons (Fsp3) is 0.474. The Morgan fingerprint density at radius 2 is 1.96 bits per heavy atom. The number of benzene rings is 1. The van der Waals surface area contributed by atoms with Gasteiger partial charge in [-0.25, -0.2) is 4.98 Å². The third kappa shape index (κ3) is 4.03. The molecule has 1 aliphatic rings. The molecule has 1 saturated heterocycles. The van der Waals surface area contributed by atoms with Gasteiger partial charge in [0.25, 0.3) is 0 Å². The lowest BCUT2D eigenvalue weighted by molar-refractivity contribution is 0.120. The molecule has 1 aliphatic heterocycles. The fourth-order valence-corrected chi connectivity index (χ4v) is 2.99. The number of aromatic nitrogens is 2. The summed E-state index contributed by atoms with van der Waals surface area (Å²) in [5.41, 5.74) is 2.05. The molecule has 0 spiro atoms. The molecular weight excluding hydrogens is 300 g/mol. The monoisotopic (exact) mass is 326 g/mol. The quantitative estimate of drug-likeness (QED) is 0.843. The number of anilines is 2. The summed E-state index contributed by atoms with van der Waals surface area (Å²) in [6.07, 6.45) is 2.52. The van der Waals surface area contributed by atoms with Gasteiger partial charge >= 0.3 is 0 Å². The van der Waals surface area contributed by atoms with E-state index in [1.807, 2.05) is 18.2 Å². The third-order valence-corrected chi connectivity index (χ3v) is 4.38. The Morgan fingerprint density at radius 1 is 1.17 bits per heavy atom. The Labute approximate surface area is 144 Å². The summed E-state index contributed by atoms with van der Waals surface area (Å²) < 4.78 is 5.68. The van der Waals surface area contributed by atoms with Crippen LogP contribution in [0.5, 0.6) is 0 Å². The molecule has 1 N–H and O–H groups in total. The molecule has 5 heteroatoms. The molecular formula is C19H26N4O. The first-order valence-electron chi connectivity index (χ1n) is 8.85. The van der Waals surface area contributed by atoms with E-state index < -0.39 is 0 Å². The predicted octanol–water partition coefficient (Wildman–Crippen LogP) is 3.58. The normalized spacial score (nSPS) is 17.0. The van der Waals surface area contributed by atoms with E-state index in [2.05, 4.69) is 42.3 Å². The van der Waals surface area contributed by atoms with Crippen LogP contribution < -0.4 is 10.2 Å². The number of hydrogen-bond acceptors (Lipinski definition) is 5. The van der Waals surface area contributed by atoms with Gasteiger partial charge < -0.3 is 15.0 Å². The lowest BCUT2D eigenvalue weighted by atomic mass is 10.1. The van der Waals surface area contributed by atoms with E-state index in [0.29, 0.717) is 5.95 Å². The Balaban J connectivity index is 1.87. The van der Waals surface area contributed by atoms with Gasteiger partial charge in [0.2, 0.25) is 5.95 Å². The summed E-state index contributed by atoms with van der Waals surface area (Å²) >= 11 is 0. The lowest BCUT2D eigenvalue weighted by Gasteiger charge is -2.21. The number of nitrogens with one attached hydrogen (secondary N) is 1. The molecule has 0 bridgehead atoms. The molecule has 1 unspecified atom stereocenters. The summed E-state index contributed by atoms with van der Waals surface area (Å²) in [5.74, 6) is 1.64. The third-order valence-electron chi connectivity index (χ3n) is 4.38. The molecule has 5 nitrogen and oxygen atoms in total. The number of nitrogens with zero attached hydrogens (tertiary/aromatic N) is 3. The number of ether oxygens (including phenoxy) is 1. The van der Waals surface area contributed by atoms with Crippen LogP contribution >= 0.6 is 0 Å². The highest BCUT2D eigenvalue weighted by molar-refractivity contribution is 5.64. The van der Waals surface area contributed by atoms with Gasteiger partial charge in [0, 0.05) is 37.9 Å². The van der Waals surface area contributed by atoms with Gasteiger partial charge in [-0.15, -0.1) is 0 Å². The van der Waals surface area contributed by atoms with E-state index in [1.54, 1.807) is 0 Å². The molecule has 128 valence electrons. The van der Waals surface area contributed by atoms with E-state index in [0.717, 1.165) is 56.2 Å². The summed E-state index contributed by atoms with van der Waals surface area (Å²) in [5, 5.41) is 3.37. The molecule has 1 aromatic carbocycles. The molecule has 0 amide bonds. The smallest absolute Gasteiger partial charge is 0.225 e. The summed E-state index contributed by atoms with van der Waals surface area (Å²) in [6.45, 7) is 7.76. The molecule has 0 saturated carbocycles. The van der Waals surface area contributed by atoms with Crippen molar-refractivity contribution in [2.75, 3.05) is 36.5 Å². The van der Waals surface area contributed by atoms with Crippen molar-refractivity contribution in [3.05, 3.63) is 36.4 Å². The van der Waals surface area contributed by atoms with E-state index in [-0.39, 0.29) is 6.10 Å². The van der Waals surface area contributed by atoms with Gasteiger partial charge in [-0.05, 0) is 26.7 Å². The first-order chi connectivity index (χ1) is 11.8. The molecule has 24 heavy (non-hydrogen) atoms. The van der Waals surface area contributed by atoms with Crippen molar-refractivity contribution in [2.24, 2.45) is 0 Å². The second kappa shape index (κ2) is 8.11. The van der Waals surface area contributed by atoms with Crippen LogP contribution in [0.4, 0.5) is 11.8 Å². The average Bonchev–Trinajstić information content (AvgIpc) is 3.15. The largest absolute Gasteiger partial charge is 0.376 e. The minimum atomic E-state index is 0.269. The Bertz CT molecular complexity index is 637. The average molecular weight is 326 g/mol. The maximum Gasteiger partial charge on any atom is 0.225 e. The van der Waals surface area contributed by atoms with Crippen molar-refractivity contribution < 1.29 is 4.74 Å². The van der Waals surface area contributed by atoms with Crippen LogP contribution in [0.2, 0.25) is 0 Å². The Morgan fingerprint density at radius 3 is 2.62 bits per heavy atom. The number of rotatable bonds is 7. The van der Waals surface area contributed by atoms with Crippen molar-refractivity contribution >= 4 is 11.8 Å². The van der Waals surface area contributed by atoms with Gasteiger partial charge in [0.15, 0.2) is 0 Å². The second-order valence-electron chi connectivity index (χ2n) is 5.99. The first kappa shape index (κ1) is 16.7. The maximum absolute atomic E-state index is 5.68. The Kier molecular flexibility index (Phi) is 5.64. The van der Waals surface area contributed by atoms with Crippen LogP contribution in [0.25, 0.3) is 11.3 Å². The van der Waals surface area contributed by atoms with Crippen LogP contribution in [-0.4, -0.2) is 42.3 Å². The van der Waals surface area contributed by atoms with E-state index in [4.69, 9.17) is 14.7 Å². The first-order valence-corrected chi connectivity index (χ1v) is 8.85. The molecule has 2 aromatic rings. The molecule has 2 heterocycles. The summed E-state index contributed by atoms with van der Waals surface area (Å²) in [7, 11) is 0. The lowest BCUT2D eigenvalue weighted by Crippen LogP contribution is -2.24. The van der Waals surface area contributed by atoms with Crippen molar-refractivity contribution in [1.29, 1.82) is 0 Å². The van der Waals surface area contributed by atoms with Gasteiger partial charge in [0.1, 0.15) is 5.82 Å². The minimum absolute atomic E-state index is 0.269. The molecule has 1 fully saturated rings. The maximum atomic E-state index is 5.68. The highest BCUT2D eigenvalue weighted by Crippen LogP contribution is 2.23. The van der Waals surface area contributed by atoms with Crippen LogP contribution in [0.3, 0.4) is 0 Å². The summed E-state index contributed by atoms with van der Waals surface area (Å²) in [4.78, 5) is 11.7. The molecule has 0 aliphatic carbocycles. The van der Waals surface area contributed by atoms with Gasteiger partial charge in [-0.1, -0.05) is 30.3 Å². The number of hydrogen-bond donors (Lipinski definition) is 1. The van der Waals surface area contributed by atoms with Gasteiger partial charge in [-0.2, -0.15) is 4.98 Å². The highest BCUT2D eigenvalue weighted by atomic mass is 16.5. The zero-order valence-corrected chi connectivity index (χ0v) is 14.5. The van der Waals surface area contributed by atoms with Crippen LogP contribution in [0.1, 0.15) is 26.7 Å². The standard InChI is InChI=1S/C19H26N4O/c1-3-23(4-2)18-13-17(15-9-6-5-7-10-15)21-19(22-18)20-14-16-11-8-12-24-16/h5-7,9-10,13,16H,3-4,8,11-12,14H2,1-2H3,(H,20,21,22). The van der Waals surface area contributed by atoms with Crippen molar-refractivity contribution in [2.45, 2.75) is 32.8 Å². The van der Waals surface area contributed by atoms with Crippen LogP contribution in [-0.2, 0) is 4.74 Å². The minimum Gasteiger partial charge on any atom is -0.376 e. The van der Waals surface area contributed by atoms with Crippen molar-refractivity contribution in [1.82, 2.24) is 9.97 Å². The van der Waals surface area contributed by atoms with E-state index in [9.17, 15) is 0 Å². The van der Waals surface area contributed by atoms with E-state index >= 15 is 0 Å². The molecule has 3 rings (SSSR count). The topological polar surface area (TPSA) is 50.3 Å². The highest BCUT2D eigenvalue weighted by Gasteiger charge is 2.16. The van der Waals surface area contributed by atoms with Gasteiger partial charge in [0.05, 0.1) is 11.8 Å². The molecule has 1 atom stereocenters. The summed E-state index contributed by atoms with van der Waals surface area (Å²) in [6, 6.07) is 12.3. The predicted molar refractivity (Wildman–Crippen MR) is 98.5 cm³/mol. The van der Waals surface area contributed by atoms with Crippen LogP contribution in [0.15, 0.2) is 36.4 Å². The SMILES string of the molecule is CCN(CC)c1cc(-c2ccccc2)nc(NCC2CCCO2)n1. The van der Waals surface area contributed by atoms with Crippen molar-refractivity contribution in [3.8, 4) is 11.3 Å². The van der Waals surface area contributed by atoms with E-state index in [1.165, 1.54) is 0 Å². The second-order valence-corrected chi connectivity index (χ2v) is 5.99. The fourth-order valence-electron chi connectivity index (χ4n) is 2.99.